The maximum absolute atomic E-state index is 12.4. The normalized spacial score (nSPS) is 16.3. The number of hydrogen-bond acceptors (Lipinski definition) is 5. The Balaban J connectivity index is 1.60. The molecule has 3 rings (SSSR count). The Hall–Kier alpha value is -2.87. The quantitative estimate of drug-likeness (QED) is 0.730. The lowest BCUT2D eigenvalue weighted by molar-refractivity contribution is -0.129. The molecule has 1 saturated heterocycles. The summed E-state index contributed by atoms with van der Waals surface area (Å²) in [5.74, 6) is -0.988. The van der Waals surface area contributed by atoms with E-state index in [0.717, 1.165) is 11.1 Å². The summed E-state index contributed by atoms with van der Waals surface area (Å²) in [5, 5.41) is 2.74. The Morgan fingerprint density at radius 2 is 1.90 bits per heavy atom. The molecule has 0 spiro atoms. The monoisotopic (exact) mass is 416 g/mol. The van der Waals surface area contributed by atoms with Crippen LogP contribution < -0.4 is 9.62 Å². The minimum atomic E-state index is -3.34. The van der Waals surface area contributed by atoms with Gasteiger partial charge in [-0.3, -0.25) is 9.10 Å². The van der Waals surface area contributed by atoms with Crippen LogP contribution in [0.3, 0.4) is 0 Å². The number of esters is 1. The van der Waals surface area contributed by atoms with Crippen molar-refractivity contribution in [2.45, 2.75) is 32.9 Å². The van der Waals surface area contributed by atoms with E-state index in [-0.39, 0.29) is 11.3 Å². The van der Waals surface area contributed by atoms with Crippen LogP contribution in [0.15, 0.2) is 48.5 Å². The third kappa shape index (κ3) is 5.14. The van der Waals surface area contributed by atoms with Crippen molar-refractivity contribution >= 4 is 27.6 Å². The fraction of sp³-hybridized carbons (Fsp3) is 0.333. The van der Waals surface area contributed by atoms with Crippen LogP contribution in [0.25, 0.3) is 0 Å². The van der Waals surface area contributed by atoms with Crippen molar-refractivity contribution in [1.82, 2.24) is 5.32 Å². The van der Waals surface area contributed by atoms with Crippen LogP contribution in [0.4, 0.5) is 5.69 Å². The third-order valence-electron chi connectivity index (χ3n) is 4.71. The van der Waals surface area contributed by atoms with Crippen molar-refractivity contribution in [1.29, 1.82) is 0 Å². The first-order valence-electron chi connectivity index (χ1n) is 9.41. The Kier molecular flexibility index (Phi) is 6.22. The molecule has 1 heterocycles. The van der Waals surface area contributed by atoms with Gasteiger partial charge >= 0.3 is 5.97 Å². The number of hydrogen-bond donors (Lipinski definition) is 1. The van der Waals surface area contributed by atoms with Gasteiger partial charge in [-0.1, -0.05) is 35.9 Å². The molecule has 1 aliphatic heterocycles. The summed E-state index contributed by atoms with van der Waals surface area (Å²) in [4.78, 5) is 24.7. The molecule has 0 bridgehead atoms. The predicted octanol–water partition coefficient (Wildman–Crippen LogP) is 2.40. The van der Waals surface area contributed by atoms with E-state index >= 15 is 0 Å². The smallest absolute Gasteiger partial charge is 0.338 e. The molecule has 1 unspecified atom stereocenters. The maximum Gasteiger partial charge on any atom is 0.338 e. The van der Waals surface area contributed by atoms with Gasteiger partial charge in [-0.25, -0.2) is 13.2 Å². The number of aryl methyl sites for hydroxylation is 1. The molecule has 154 valence electrons. The molecule has 2 aromatic carbocycles. The summed E-state index contributed by atoms with van der Waals surface area (Å²) in [7, 11) is -3.34. The molecule has 1 atom stereocenters. The lowest BCUT2D eigenvalue weighted by Crippen LogP contribution is -2.35. The summed E-state index contributed by atoms with van der Waals surface area (Å²) in [6.45, 7) is 4.21. The van der Waals surface area contributed by atoms with Gasteiger partial charge in [-0.2, -0.15) is 0 Å². The second kappa shape index (κ2) is 8.65. The van der Waals surface area contributed by atoms with Crippen molar-refractivity contribution in [3.8, 4) is 0 Å². The van der Waals surface area contributed by atoms with E-state index in [1.807, 2.05) is 31.2 Å². The van der Waals surface area contributed by atoms with Crippen molar-refractivity contribution in [2.24, 2.45) is 0 Å². The van der Waals surface area contributed by atoms with E-state index in [1.54, 1.807) is 12.1 Å². The number of anilines is 1. The molecule has 0 radical (unpaired) electrons. The van der Waals surface area contributed by atoms with Crippen LogP contribution >= 0.6 is 0 Å². The third-order valence-corrected chi connectivity index (χ3v) is 6.58. The Labute approximate surface area is 170 Å². The zero-order valence-corrected chi connectivity index (χ0v) is 17.2. The molecule has 29 heavy (non-hydrogen) atoms. The molecule has 1 N–H and O–H groups in total. The predicted molar refractivity (Wildman–Crippen MR) is 110 cm³/mol. The van der Waals surface area contributed by atoms with Gasteiger partial charge in [0, 0.05) is 13.1 Å². The number of sulfonamides is 1. The molecule has 7 nitrogen and oxygen atoms in total. The standard InChI is InChI=1S/C21H24N2O5S/c1-15-7-9-17(10-8-15)14-22-20(24)16(2)28-21(25)18-5-3-6-19(13-18)23-11-4-12-29(23,26)27/h3,5-10,13,16H,4,11-12,14H2,1-2H3,(H,22,24). The molecule has 0 saturated carbocycles. The van der Waals surface area contributed by atoms with Gasteiger partial charge in [0.15, 0.2) is 6.10 Å². The van der Waals surface area contributed by atoms with Crippen molar-refractivity contribution in [2.75, 3.05) is 16.6 Å². The molecular weight excluding hydrogens is 392 g/mol. The number of nitrogens with one attached hydrogen (secondary N) is 1. The molecule has 1 amide bonds. The zero-order valence-electron chi connectivity index (χ0n) is 16.4. The van der Waals surface area contributed by atoms with Crippen LogP contribution in [-0.4, -0.2) is 38.7 Å². The van der Waals surface area contributed by atoms with Gasteiger partial charge in [0.2, 0.25) is 10.0 Å². The average Bonchev–Trinajstić information content (AvgIpc) is 3.06. The lowest BCUT2D eigenvalue weighted by atomic mass is 10.1. The van der Waals surface area contributed by atoms with Crippen LogP contribution in [0.2, 0.25) is 0 Å². The first-order valence-corrected chi connectivity index (χ1v) is 11.0. The fourth-order valence-electron chi connectivity index (χ4n) is 3.04. The number of carbonyl (C=O) groups excluding carboxylic acids is 2. The van der Waals surface area contributed by atoms with Gasteiger partial charge in [0.1, 0.15) is 0 Å². The Bertz CT molecular complexity index is 1000. The second-order valence-electron chi connectivity index (χ2n) is 7.04. The highest BCUT2D eigenvalue weighted by Gasteiger charge is 2.29. The number of carbonyl (C=O) groups is 2. The number of ether oxygens (including phenoxy) is 1. The maximum atomic E-state index is 12.4. The van der Waals surface area contributed by atoms with Gasteiger partial charge < -0.3 is 10.1 Å². The molecule has 8 heteroatoms. The van der Waals surface area contributed by atoms with E-state index < -0.39 is 28.0 Å². The summed E-state index contributed by atoms with van der Waals surface area (Å²) in [6, 6.07) is 14.0. The molecule has 0 aliphatic carbocycles. The minimum Gasteiger partial charge on any atom is -0.449 e. The molecule has 1 aliphatic rings. The summed E-state index contributed by atoms with van der Waals surface area (Å²) in [5.41, 5.74) is 2.70. The van der Waals surface area contributed by atoms with E-state index in [1.165, 1.54) is 23.4 Å². The number of nitrogens with zero attached hydrogens (tertiary/aromatic N) is 1. The Morgan fingerprint density at radius 1 is 1.17 bits per heavy atom. The van der Waals surface area contributed by atoms with Crippen LogP contribution in [0, 0.1) is 6.92 Å². The largest absolute Gasteiger partial charge is 0.449 e. The first-order chi connectivity index (χ1) is 13.8. The number of rotatable bonds is 6. The molecular formula is C21H24N2O5S. The molecule has 2 aromatic rings. The Morgan fingerprint density at radius 3 is 2.55 bits per heavy atom. The summed E-state index contributed by atoms with van der Waals surface area (Å²) < 4.78 is 30.7. The highest BCUT2D eigenvalue weighted by atomic mass is 32.2. The fourth-order valence-corrected chi connectivity index (χ4v) is 4.59. The van der Waals surface area contributed by atoms with Crippen LogP contribution in [0.1, 0.15) is 34.8 Å². The highest BCUT2D eigenvalue weighted by Crippen LogP contribution is 2.25. The van der Waals surface area contributed by atoms with E-state index in [4.69, 9.17) is 4.74 Å². The van der Waals surface area contributed by atoms with Crippen LogP contribution in [-0.2, 0) is 26.1 Å². The summed E-state index contributed by atoms with van der Waals surface area (Å²) >= 11 is 0. The van der Waals surface area contributed by atoms with Gasteiger partial charge in [-0.15, -0.1) is 0 Å². The molecule has 1 fully saturated rings. The van der Waals surface area contributed by atoms with E-state index in [2.05, 4.69) is 5.32 Å². The SMILES string of the molecule is Cc1ccc(CNC(=O)C(C)OC(=O)c2cccc(N3CCCS3(=O)=O)c2)cc1. The van der Waals surface area contributed by atoms with Gasteiger partial charge in [-0.05, 0) is 44.0 Å². The topological polar surface area (TPSA) is 92.8 Å². The molecule has 0 aromatic heterocycles. The van der Waals surface area contributed by atoms with Crippen molar-refractivity contribution < 1.29 is 22.7 Å². The van der Waals surface area contributed by atoms with Crippen LogP contribution in [0.5, 0.6) is 0 Å². The first kappa shape index (κ1) is 20.9. The zero-order chi connectivity index (χ0) is 21.0. The minimum absolute atomic E-state index is 0.0971. The van der Waals surface area contributed by atoms with Gasteiger partial charge in [0.05, 0.1) is 17.0 Å². The second-order valence-corrected chi connectivity index (χ2v) is 9.06. The van der Waals surface area contributed by atoms with E-state index in [0.29, 0.717) is 25.2 Å². The van der Waals surface area contributed by atoms with Crippen molar-refractivity contribution in [3.05, 3.63) is 65.2 Å². The van der Waals surface area contributed by atoms with E-state index in [9.17, 15) is 18.0 Å². The highest BCUT2D eigenvalue weighted by molar-refractivity contribution is 7.93. The number of benzene rings is 2. The lowest BCUT2D eigenvalue weighted by Gasteiger charge is -2.18. The van der Waals surface area contributed by atoms with Crippen molar-refractivity contribution in [3.63, 3.8) is 0 Å². The number of amides is 1. The average molecular weight is 416 g/mol. The summed E-state index contributed by atoms with van der Waals surface area (Å²) in [6.07, 6.45) is -0.429. The van der Waals surface area contributed by atoms with Gasteiger partial charge in [0.25, 0.3) is 5.91 Å².